The number of nitrogens with zero attached hydrogens (tertiary/aromatic N) is 1. The molecule has 2 N–H and O–H groups in total. The van der Waals surface area contributed by atoms with E-state index >= 15 is 0 Å². The van der Waals surface area contributed by atoms with Crippen LogP contribution in [0.3, 0.4) is 0 Å². The molecule has 1 heterocycles. The average Bonchev–Trinajstić information content (AvgIpc) is 2.95. The molecule has 1 amide bonds. The van der Waals surface area contributed by atoms with Gasteiger partial charge in [0, 0.05) is 5.69 Å². The molecule has 2 aromatic carbocycles. The van der Waals surface area contributed by atoms with Gasteiger partial charge >= 0.3 is 0 Å². The van der Waals surface area contributed by atoms with Crippen molar-refractivity contribution in [3.63, 3.8) is 0 Å². The molecule has 0 spiro atoms. The fraction of sp³-hybridized carbons (Fsp3) is 0.435. The third kappa shape index (κ3) is 3.86. The first-order chi connectivity index (χ1) is 12.9. The van der Waals surface area contributed by atoms with Crippen LogP contribution in [0.5, 0.6) is 11.5 Å². The Hall–Kier alpha value is -2.14. The number of aromatic hydroxyl groups is 2. The second kappa shape index (κ2) is 7.03. The lowest BCUT2D eigenvalue weighted by Gasteiger charge is -2.31. The third-order valence-corrected chi connectivity index (χ3v) is 6.24. The van der Waals surface area contributed by atoms with Crippen LogP contribution in [0.25, 0.3) is 0 Å². The van der Waals surface area contributed by atoms with E-state index in [0.717, 1.165) is 22.4 Å². The minimum Gasteiger partial charge on any atom is -0.508 e. The summed E-state index contributed by atoms with van der Waals surface area (Å²) in [5.74, 6) is 0.967. The summed E-state index contributed by atoms with van der Waals surface area (Å²) in [6.45, 7) is 12.5. The Morgan fingerprint density at radius 1 is 0.929 bits per heavy atom. The number of amides is 1. The number of anilines is 1. The molecule has 1 atom stereocenters. The predicted molar refractivity (Wildman–Crippen MR) is 116 cm³/mol. The second-order valence-corrected chi connectivity index (χ2v) is 10.5. The molecule has 2 aromatic rings. The monoisotopic (exact) mass is 399 g/mol. The molecule has 5 heteroatoms. The summed E-state index contributed by atoms with van der Waals surface area (Å²) < 4.78 is 0. The van der Waals surface area contributed by atoms with Gasteiger partial charge in [-0.05, 0) is 63.9 Å². The van der Waals surface area contributed by atoms with E-state index in [0.29, 0.717) is 11.5 Å². The molecular formula is C23H29NO3S. The zero-order valence-corrected chi connectivity index (χ0v) is 18.2. The number of hydrogen-bond acceptors (Lipinski definition) is 4. The quantitative estimate of drug-likeness (QED) is 0.703. The first kappa shape index (κ1) is 20.6. The summed E-state index contributed by atoms with van der Waals surface area (Å²) in [4.78, 5) is 14.5. The highest BCUT2D eigenvalue weighted by Crippen LogP contribution is 2.47. The van der Waals surface area contributed by atoms with E-state index in [1.54, 1.807) is 40.9 Å². The van der Waals surface area contributed by atoms with E-state index in [4.69, 9.17) is 0 Å². The Kier molecular flexibility index (Phi) is 5.17. The van der Waals surface area contributed by atoms with Crippen molar-refractivity contribution in [2.75, 3.05) is 10.7 Å². The number of carbonyl (C=O) groups is 1. The van der Waals surface area contributed by atoms with Crippen LogP contribution in [0, 0.1) is 0 Å². The Morgan fingerprint density at radius 2 is 1.43 bits per heavy atom. The van der Waals surface area contributed by atoms with Crippen molar-refractivity contribution >= 4 is 23.4 Å². The number of phenolic OH excluding ortho intramolecular Hbond substituents is 2. The molecular weight excluding hydrogens is 370 g/mol. The van der Waals surface area contributed by atoms with Crippen LogP contribution < -0.4 is 4.90 Å². The molecule has 0 saturated carbocycles. The van der Waals surface area contributed by atoms with Crippen molar-refractivity contribution in [3.8, 4) is 11.5 Å². The van der Waals surface area contributed by atoms with Crippen molar-refractivity contribution in [1.29, 1.82) is 0 Å². The molecule has 0 radical (unpaired) electrons. The van der Waals surface area contributed by atoms with Crippen LogP contribution in [0.1, 0.15) is 63.6 Å². The highest BCUT2D eigenvalue weighted by Gasteiger charge is 2.36. The van der Waals surface area contributed by atoms with Gasteiger partial charge in [-0.1, -0.05) is 41.5 Å². The largest absolute Gasteiger partial charge is 0.508 e. The zero-order chi connectivity index (χ0) is 20.9. The van der Waals surface area contributed by atoms with Crippen molar-refractivity contribution in [2.45, 2.75) is 57.7 Å². The Labute approximate surface area is 171 Å². The lowest BCUT2D eigenvalue weighted by atomic mass is 9.78. The molecule has 1 unspecified atom stereocenters. The second-order valence-electron chi connectivity index (χ2n) is 9.41. The van der Waals surface area contributed by atoms with Gasteiger partial charge in [0.05, 0.1) is 5.75 Å². The first-order valence-electron chi connectivity index (χ1n) is 9.50. The summed E-state index contributed by atoms with van der Waals surface area (Å²) in [7, 11) is 0. The van der Waals surface area contributed by atoms with Crippen LogP contribution in [0.4, 0.5) is 5.69 Å². The van der Waals surface area contributed by atoms with Crippen molar-refractivity contribution in [1.82, 2.24) is 0 Å². The Bertz CT molecular complexity index is 857. The smallest absolute Gasteiger partial charge is 0.238 e. The molecule has 3 rings (SSSR count). The SMILES string of the molecule is CC(C)(C)c1cc(C2SCC(=O)N2c2ccc(O)cc2)cc(C(C)(C)C)c1O. The molecule has 28 heavy (non-hydrogen) atoms. The molecule has 1 fully saturated rings. The maximum absolute atomic E-state index is 12.7. The first-order valence-corrected chi connectivity index (χ1v) is 10.5. The van der Waals surface area contributed by atoms with E-state index in [1.165, 1.54) is 0 Å². The summed E-state index contributed by atoms with van der Waals surface area (Å²) in [6, 6.07) is 10.8. The van der Waals surface area contributed by atoms with Crippen LogP contribution in [-0.4, -0.2) is 21.9 Å². The number of hydrogen-bond donors (Lipinski definition) is 2. The summed E-state index contributed by atoms with van der Waals surface area (Å²) in [6.07, 6.45) is 0. The van der Waals surface area contributed by atoms with Crippen molar-refractivity contribution in [2.24, 2.45) is 0 Å². The Balaban J connectivity index is 2.16. The van der Waals surface area contributed by atoms with Crippen LogP contribution >= 0.6 is 11.8 Å². The van der Waals surface area contributed by atoms with Crippen LogP contribution in [0.15, 0.2) is 36.4 Å². The van der Waals surface area contributed by atoms with E-state index in [-0.39, 0.29) is 27.9 Å². The van der Waals surface area contributed by atoms with Gasteiger partial charge in [-0.2, -0.15) is 0 Å². The lowest BCUT2D eigenvalue weighted by molar-refractivity contribution is -0.115. The van der Waals surface area contributed by atoms with Gasteiger partial charge in [-0.3, -0.25) is 9.69 Å². The number of phenols is 2. The van der Waals surface area contributed by atoms with E-state index in [9.17, 15) is 15.0 Å². The van der Waals surface area contributed by atoms with E-state index in [2.05, 4.69) is 41.5 Å². The minimum absolute atomic E-state index is 0.0448. The molecule has 0 aliphatic carbocycles. The summed E-state index contributed by atoms with van der Waals surface area (Å²) in [5, 5.41) is 20.4. The standard InChI is InChI=1S/C23H29NO3S/c1-22(2,3)17-11-14(12-18(20(17)27)23(4,5)6)21-24(19(26)13-28-21)15-7-9-16(25)10-8-15/h7-12,21,25,27H,13H2,1-6H3. The Morgan fingerprint density at radius 3 is 1.89 bits per heavy atom. The topological polar surface area (TPSA) is 60.8 Å². The number of rotatable bonds is 2. The molecule has 0 bridgehead atoms. The fourth-order valence-corrected chi connectivity index (χ4v) is 4.66. The maximum atomic E-state index is 12.7. The molecule has 1 aliphatic heterocycles. The van der Waals surface area contributed by atoms with Crippen LogP contribution in [-0.2, 0) is 15.6 Å². The summed E-state index contributed by atoms with van der Waals surface area (Å²) >= 11 is 1.59. The van der Waals surface area contributed by atoms with E-state index in [1.807, 2.05) is 12.1 Å². The van der Waals surface area contributed by atoms with Gasteiger partial charge in [0.1, 0.15) is 16.9 Å². The third-order valence-electron chi connectivity index (χ3n) is 5.03. The molecule has 1 aliphatic rings. The lowest BCUT2D eigenvalue weighted by Crippen LogP contribution is -2.28. The van der Waals surface area contributed by atoms with Gasteiger partial charge in [-0.25, -0.2) is 0 Å². The fourth-order valence-electron chi connectivity index (χ4n) is 3.51. The van der Waals surface area contributed by atoms with Gasteiger partial charge < -0.3 is 10.2 Å². The zero-order valence-electron chi connectivity index (χ0n) is 17.4. The van der Waals surface area contributed by atoms with E-state index < -0.39 is 0 Å². The van der Waals surface area contributed by atoms with Gasteiger partial charge in [0.2, 0.25) is 5.91 Å². The van der Waals surface area contributed by atoms with Crippen molar-refractivity contribution < 1.29 is 15.0 Å². The predicted octanol–water partition coefficient (Wildman–Crippen LogP) is 5.47. The molecule has 4 nitrogen and oxygen atoms in total. The maximum Gasteiger partial charge on any atom is 0.238 e. The number of benzene rings is 2. The minimum atomic E-state index is -0.225. The van der Waals surface area contributed by atoms with Crippen molar-refractivity contribution in [3.05, 3.63) is 53.1 Å². The van der Waals surface area contributed by atoms with Gasteiger partial charge in [0.25, 0.3) is 0 Å². The average molecular weight is 400 g/mol. The summed E-state index contributed by atoms with van der Waals surface area (Å²) in [5.41, 5.74) is 3.10. The molecule has 150 valence electrons. The number of carbonyl (C=O) groups excluding carboxylic acids is 1. The number of thioether (sulfide) groups is 1. The normalized spacial score (nSPS) is 18.0. The molecule has 0 aromatic heterocycles. The molecule has 1 saturated heterocycles. The van der Waals surface area contributed by atoms with Crippen LogP contribution in [0.2, 0.25) is 0 Å². The highest BCUT2D eigenvalue weighted by atomic mass is 32.2. The highest BCUT2D eigenvalue weighted by molar-refractivity contribution is 8.00. The van der Waals surface area contributed by atoms with Gasteiger partial charge in [0.15, 0.2) is 0 Å². The van der Waals surface area contributed by atoms with Gasteiger partial charge in [-0.15, -0.1) is 11.8 Å².